The largest absolute Gasteiger partial charge is 0.432 e. The van der Waals surface area contributed by atoms with Crippen molar-refractivity contribution >= 4 is 29.2 Å². The lowest BCUT2D eigenvalue weighted by atomic mass is 9.75. The summed E-state index contributed by atoms with van der Waals surface area (Å²) in [6.07, 6.45) is 5.20. The number of esters is 1. The lowest BCUT2D eigenvalue weighted by molar-refractivity contribution is -0.133. The summed E-state index contributed by atoms with van der Waals surface area (Å²) in [6.45, 7) is 25.9. The number of aromatic nitrogens is 3. The van der Waals surface area contributed by atoms with Crippen LogP contribution in [0.5, 0.6) is 5.75 Å². The quantitative estimate of drug-likeness (QED) is 0.158. The molecule has 2 aromatic heterocycles. The van der Waals surface area contributed by atoms with Crippen LogP contribution in [0.1, 0.15) is 111 Å². The zero-order chi connectivity index (χ0) is 33.5. The molecule has 2 aromatic carbocycles. The molecule has 0 saturated carbocycles. The minimum absolute atomic E-state index is 0.138. The fourth-order valence-electron chi connectivity index (χ4n) is 5.53. The highest BCUT2D eigenvalue weighted by molar-refractivity contribution is 5.79. The van der Waals surface area contributed by atoms with Gasteiger partial charge in [-0.3, -0.25) is 9.48 Å². The van der Waals surface area contributed by atoms with Gasteiger partial charge in [-0.05, 0) is 62.6 Å². The number of hydrogen-bond acceptors (Lipinski definition) is 7. The molecule has 0 aliphatic rings. The molecule has 0 aliphatic heterocycles. The van der Waals surface area contributed by atoms with E-state index >= 15 is 0 Å². The molecule has 2 N–H and O–H groups in total. The smallest absolute Gasteiger partial charge is 0.315 e. The lowest BCUT2D eigenvalue weighted by Gasteiger charge is -2.32. The van der Waals surface area contributed by atoms with Crippen LogP contribution in [0.25, 0.3) is 0 Å². The van der Waals surface area contributed by atoms with Crippen molar-refractivity contribution in [1.82, 2.24) is 14.8 Å². The molecule has 4 aromatic rings. The fraction of sp³-hybridized carbons (Fsp3) is 0.486. The number of nitrogens with one attached hydrogen (secondary N) is 2. The summed E-state index contributed by atoms with van der Waals surface area (Å²) in [6, 6.07) is 10.7. The average molecular weight is 614 g/mol. The molecule has 0 atom stereocenters. The first kappa shape index (κ1) is 33.8. The molecule has 0 amide bonds. The zero-order valence-electron chi connectivity index (χ0n) is 29.4. The molecule has 242 valence electrons. The molecule has 2 heterocycles. The van der Waals surface area contributed by atoms with E-state index in [1.54, 1.807) is 17.1 Å². The highest BCUT2D eigenvalue weighted by Crippen LogP contribution is 2.43. The standard InChI is InChI=1S/C37H51N5O3/c1-34(2,3)26-18-24(40-33-38-15-17-44-33)19-27(35(4,5)6)25(26)22-31(43)45-32-28(36(7,8)9)20-23(21-29(32)37(10,11)12)39-30-14-16-42(13)41-30/h14-21H,22H2,1-13H3,(H,38,40)(H,39,41). The predicted octanol–water partition coefficient (Wildman–Crippen LogP) is 9.23. The van der Waals surface area contributed by atoms with Crippen LogP contribution in [0, 0.1) is 0 Å². The van der Waals surface area contributed by atoms with Crippen molar-refractivity contribution in [3.8, 4) is 5.75 Å². The van der Waals surface area contributed by atoms with Gasteiger partial charge in [0.2, 0.25) is 0 Å². The second-order valence-electron chi connectivity index (χ2n) is 16.1. The van der Waals surface area contributed by atoms with E-state index in [1.807, 2.05) is 19.3 Å². The summed E-state index contributed by atoms with van der Waals surface area (Å²) in [4.78, 5) is 18.4. The molecule has 0 aliphatic carbocycles. The monoisotopic (exact) mass is 613 g/mol. The number of benzene rings is 2. The minimum Gasteiger partial charge on any atom is -0.432 e. The predicted molar refractivity (Wildman–Crippen MR) is 183 cm³/mol. The van der Waals surface area contributed by atoms with Crippen LogP contribution in [0.4, 0.5) is 23.2 Å². The van der Waals surface area contributed by atoms with Gasteiger partial charge in [0.15, 0.2) is 5.82 Å². The number of carbonyl (C=O) groups excluding carboxylic acids is 1. The summed E-state index contributed by atoms with van der Waals surface area (Å²) in [7, 11) is 1.89. The number of nitrogens with zero attached hydrogens (tertiary/aromatic N) is 3. The molecule has 0 bridgehead atoms. The Bertz CT molecular complexity index is 1580. The van der Waals surface area contributed by atoms with E-state index in [0.29, 0.717) is 11.8 Å². The van der Waals surface area contributed by atoms with Gasteiger partial charge in [-0.1, -0.05) is 83.1 Å². The molecule has 45 heavy (non-hydrogen) atoms. The van der Waals surface area contributed by atoms with E-state index in [4.69, 9.17) is 9.15 Å². The molecule has 8 nitrogen and oxygen atoms in total. The van der Waals surface area contributed by atoms with Crippen LogP contribution in [-0.4, -0.2) is 20.7 Å². The van der Waals surface area contributed by atoms with Crippen LogP contribution >= 0.6 is 0 Å². The van der Waals surface area contributed by atoms with Gasteiger partial charge in [0.25, 0.3) is 6.01 Å². The molecule has 8 heteroatoms. The van der Waals surface area contributed by atoms with E-state index in [9.17, 15) is 4.79 Å². The van der Waals surface area contributed by atoms with Gasteiger partial charge >= 0.3 is 5.97 Å². The summed E-state index contributed by atoms with van der Waals surface area (Å²) < 4.78 is 13.7. The van der Waals surface area contributed by atoms with Crippen LogP contribution in [0.15, 0.2) is 53.4 Å². The first-order valence-electron chi connectivity index (χ1n) is 15.6. The number of ether oxygens (including phenoxy) is 1. The van der Waals surface area contributed by atoms with Crippen LogP contribution in [-0.2, 0) is 39.9 Å². The molecular weight excluding hydrogens is 562 g/mol. The Morgan fingerprint density at radius 3 is 1.69 bits per heavy atom. The molecule has 0 radical (unpaired) electrons. The third-order valence-corrected chi connectivity index (χ3v) is 7.78. The Labute approximate surface area is 269 Å². The van der Waals surface area contributed by atoms with Gasteiger partial charge in [0.05, 0.1) is 12.6 Å². The topological polar surface area (TPSA) is 94.2 Å². The van der Waals surface area contributed by atoms with Crippen molar-refractivity contribution in [3.05, 3.63) is 76.8 Å². The Morgan fingerprint density at radius 1 is 0.778 bits per heavy atom. The Kier molecular flexibility index (Phi) is 9.04. The molecule has 4 rings (SSSR count). The first-order valence-corrected chi connectivity index (χ1v) is 15.6. The third-order valence-electron chi connectivity index (χ3n) is 7.78. The first-order chi connectivity index (χ1) is 20.6. The van der Waals surface area contributed by atoms with Crippen molar-refractivity contribution in [2.45, 2.75) is 111 Å². The van der Waals surface area contributed by atoms with Crippen molar-refractivity contribution in [2.75, 3.05) is 10.6 Å². The third kappa shape index (κ3) is 8.16. The van der Waals surface area contributed by atoms with Gasteiger partial charge in [0.1, 0.15) is 12.0 Å². The lowest BCUT2D eigenvalue weighted by Crippen LogP contribution is -2.26. The second kappa shape index (κ2) is 12.0. The summed E-state index contributed by atoms with van der Waals surface area (Å²) >= 11 is 0. The number of aryl methyl sites for hydroxylation is 1. The van der Waals surface area contributed by atoms with Gasteiger partial charge in [-0.15, -0.1) is 0 Å². The Hall–Kier alpha value is -4.07. The molecule has 0 unspecified atom stereocenters. The second-order valence-corrected chi connectivity index (χ2v) is 16.1. The highest BCUT2D eigenvalue weighted by Gasteiger charge is 2.32. The van der Waals surface area contributed by atoms with Gasteiger partial charge in [-0.25, -0.2) is 4.98 Å². The Balaban J connectivity index is 1.80. The van der Waals surface area contributed by atoms with E-state index < -0.39 is 0 Å². The number of hydrogen-bond donors (Lipinski definition) is 2. The summed E-state index contributed by atoms with van der Waals surface area (Å²) in [5.74, 6) is 1.09. The molecule has 0 spiro atoms. The zero-order valence-corrected chi connectivity index (χ0v) is 29.4. The van der Waals surface area contributed by atoms with Crippen LogP contribution in [0.3, 0.4) is 0 Å². The number of carbonyl (C=O) groups is 1. The maximum atomic E-state index is 14.1. The maximum Gasteiger partial charge on any atom is 0.315 e. The summed E-state index contributed by atoms with van der Waals surface area (Å²) in [5.41, 5.74) is 5.75. The Morgan fingerprint density at radius 2 is 1.27 bits per heavy atom. The SMILES string of the molecule is Cn1ccc(Nc2cc(C(C)(C)C)c(OC(=O)Cc3c(C(C)(C)C)cc(Nc4ncco4)cc3C(C)(C)C)c(C(C)(C)C)c2)n1. The average Bonchev–Trinajstić information content (AvgIpc) is 3.54. The number of oxazole rings is 1. The number of rotatable bonds is 7. The molecule has 0 saturated heterocycles. The van der Waals surface area contributed by atoms with Crippen molar-refractivity contribution in [2.24, 2.45) is 7.05 Å². The van der Waals surface area contributed by atoms with Gasteiger partial charge in [0, 0.05) is 41.8 Å². The van der Waals surface area contributed by atoms with E-state index in [-0.39, 0.29) is 34.1 Å². The van der Waals surface area contributed by atoms with Gasteiger partial charge in [-0.2, -0.15) is 5.10 Å². The fourth-order valence-corrected chi connectivity index (χ4v) is 5.53. The minimum atomic E-state index is -0.294. The van der Waals surface area contributed by atoms with E-state index in [2.05, 4.69) is 128 Å². The molecular formula is C37H51N5O3. The van der Waals surface area contributed by atoms with Crippen LogP contribution in [0.2, 0.25) is 0 Å². The number of anilines is 4. The van der Waals surface area contributed by atoms with Crippen molar-refractivity contribution < 1.29 is 13.9 Å². The molecule has 0 fully saturated rings. The summed E-state index contributed by atoms with van der Waals surface area (Å²) in [5, 5.41) is 11.2. The normalized spacial score (nSPS) is 12.7. The van der Waals surface area contributed by atoms with Crippen LogP contribution < -0.4 is 15.4 Å². The van der Waals surface area contributed by atoms with E-state index in [0.717, 1.165) is 45.0 Å². The van der Waals surface area contributed by atoms with Crippen molar-refractivity contribution in [1.29, 1.82) is 0 Å². The van der Waals surface area contributed by atoms with E-state index in [1.165, 1.54) is 0 Å². The maximum absolute atomic E-state index is 14.1. The van der Waals surface area contributed by atoms with Crippen molar-refractivity contribution in [3.63, 3.8) is 0 Å². The van der Waals surface area contributed by atoms with Gasteiger partial charge < -0.3 is 19.8 Å². The highest BCUT2D eigenvalue weighted by atomic mass is 16.5.